The third-order valence-electron chi connectivity index (χ3n) is 1.53. The summed E-state index contributed by atoms with van der Waals surface area (Å²) in [4.78, 5) is 9.96. The van der Waals surface area contributed by atoms with Gasteiger partial charge < -0.3 is 35.4 Å². The number of aliphatic hydroxyl groups is 4. The molecule has 0 rings (SSSR count). The monoisotopic (exact) mass is 303 g/mol. The Balaban J connectivity index is -0.000000334. The SMILES string of the molecule is C=C(C)[O-].C=C(C)[O-].N#CC[C@H](O)[C@@H](O)[C@@H](O)[C@H](O)C=O. The summed E-state index contributed by atoms with van der Waals surface area (Å²) in [6.45, 7) is 8.83. The van der Waals surface area contributed by atoms with Crippen molar-refractivity contribution in [1.29, 1.82) is 5.26 Å². The van der Waals surface area contributed by atoms with Crippen molar-refractivity contribution >= 4 is 6.29 Å². The van der Waals surface area contributed by atoms with Crippen molar-refractivity contribution in [2.24, 2.45) is 0 Å². The van der Waals surface area contributed by atoms with E-state index < -0.39 is 24.4 Å². The molecule has 0 heterocycles. The first kappa shape index (κ1) is 24.1. The van der Waals surface area contributed by atoms with E-state index in [1.807, 2.05) is 0 Å². The molecule has 8 heteroatoms. The van der Waals surface area contributed by atoms with Crippen molar-refractivity contribution < 1.29 is 35.4 Å². The van der Waals surface area contributed by atoms with Crippen LogP contribution < -0.4 is 10.2 Å². The summed E-state index contributed by atoms with van der Waals surface area (Å²) in [7, 11) is 0. The molecular weight excluding hydrogens is 282 g/mol. The van der Waals surface area contributed by atoms with Gasteiger partial charge in [-0.3, -0.25) is 0 Å². The van der Waals surface area contributed by atoms with E-state index in [1.54, 1.807) is 6.07 Å². The topological polar surface area (TPSA) is 168 Å². The first-order valence-electron chi connectivity index (χ1n) is 5.70. The van der Waals surface area contributed by atoms with Gasteiger partial charge in [0.25, 0.3) is 0 Å². The molecule has 21 heavy (non-hydrogen) atoms. The van der Waals surface area contributed by atoms with Crippen LogP contribution in [0.2, 0.25) is 0 Å². The second-order valence-electron chi connectivity index (χ2n) is 3.94. The summed E-state index contributed by atoms with van der Waals surface area (Å²) in [5.74, 6) is -0.167. The highest BCUT2D eigenvalue weighted by atomic mass is 16.4. The highest BCUT2D eigenvalue weighted by molar-refractivity contribution is 5.56. The zero-order valence-electron chi connectivity index (χ0n) is 12.0. The highest BCUT2D eigenvalue weighted by Gasteiger charge is 2.29. The smallest absolute Gasteiger partial charge is 0.151 e. The molecule has 0 fully saturated rings. The molecule has 0 bridgehead atoms. The van der Waals surface area contributed by atoms with Gasteiger partial charge in [-0.15, -0.1) is 24.7 Å². The van der Waals surface area contributed by atoms with Gasteiger partial charge >= 0.3 is 0 Å². The zero-order valence-corrected chi connectivity index (χ0v) is 12.0. The lowest BCUT2D eigenvalue weighted by Gasteiger charge is -2.22. The Morgan fingerprint density at radius 3 is 1.71 bits per heavy atom. The molecule has 0 aliphatic carbocycles. The first-order valence-corrected chi connectivity index (χ1v) is 5.70. The molecule has 0 aromatic rings. The van der Waals surface area contributed by atoms with Crippen LogP contribution in [0.5, 0.6) is 0 Å². The van der Waals surface area contributed by atoms with E-state index in [-0.39, 0.29) is 24.2 Å². The average molecular weight is 303 g/mol. The normalized spacial score (nSPS) is 14.5. The number of aldehydes is 1. The third kappa shape index (κ3) is 20.6. The first-order chi connectivity index (χ1) is 9.50. The summed E-state index contributed by atoms with van der Waals surface area (Å²) in [5.41, 5.74) is 0. The molecule has 0 spiro atoms. The number of allylic oxidation sites excluding steroid dienone is 2. The number of rotatable bonds is 5. The Kier molecular flexibility index (Phi) is 16.6. The Bertz CT molecular complexity index is 331. The van der Waals surface area contributed by atoms with Crippen LogP contribution in [0, 0.1) is 11.3 Å². The van der Waals surface area contributed by atoms with E-state index in [1.165, 1.54) is 13.8 Å². The summed E-state index contributed by atoms with van der Waals surface area (Å²) >= 11 is 0. The van der Waals surface area contributed by atoms with Crippen LogP contribution in [-0.2, 0) is 4.79 Å². The molecule has 4 N–H and O–H groups in total. The van der Waals surface area contributed by atoms with Gasteiger partial charge in [0.1, 0.15) is 18.3 Å². The fraction of sp³-hybridized carbons (Fsp3) is 0.538. The predicted octanol–water partition coefficient (Wildman–Crippen LogP) is -2.70. The largest absolute Gasteiger partial charge is 0.876 e. The van der Waals surface area contributed by atoms with Gasteiger partial charge in [-0.2, -0.15) is 5.26 Å². The Labute approximate surface area is 123 Å². The summed E-state index contributed by atoms with van der Waals surface area (Å²) in [5, 5.41) is 62.5. The van der Waals surface area contributed by atoms with Crippen molar-refractivity contribution in [3.05, 3.63) is 24.7 Å². The third-order valence-corrected chi connectivity index (χ3v) is 1.53. The maximum atomic E-state index is 9.96. The van der Waals surface area contributed by atoms with E-state index in [2.05, 4.69) is 13.2 Å². The van der Waals surface area contributed by atoms with Gasteiger partial charge in [0.05, 0.1) is 18.6 Å². The van der Waals surface area contributed by atoms with Gasteiger partial charge in [-0.1, -0.05) is 13.8 Å². The van der Waals surface area contributed by atoms with Gasteiger partial charge in [-0.05, 0) is 0 Å². The highest BCUT2D eigenvalue weighted by Crippen LogP contribution is 2.06. The Morgan fingerprint density at radius 1 is 1.14 bits per heavy atom. The number of carbonyl (C=O) groups is 1. The zero-order chi connectivity index (χ0) is 17.6. The summed E-state index contributed by atoms with van der Waals surface area (Å²) in [6, 6.07) is 1.57. The number of hydrogen-bond donors (Lipinski definition) is 4. The van der Waals surface area contributed by atoms with Crippen LogP contribution >= 0.6 is 0 Å². The molecule has 0 saturated heterocycles. The molecular formula is C13H21NO7-2. The van der Waals surface area contributed by atoms with E-state index >= 15 is 0 Å². The van der Waals surface area contributed by atoms with Crippen LogP contribution in [0.4, 0.5) is 0 Å². The van der Waals surface area contributed by atoms with Crippen molar-refractivity contribution in [3.8, 4) is 6.07 Å². The quantitative estimate of drug-likeness (QED) is 0.314. The molecule has 0 radical (unpaired) electrons. The number of nitrogens with zero attached hydrogens (tertiary/aromatic N) is 1. The maximum Gasteiger partial charge on any atom is 0.151 e. The van der Waals surface area contributed by atoms with Crippen LogP contribution in [0.1, 0.15) is 20.3 Å². The minimum absolute atomic E-state index is 0.0347. The number of carbonyl (C=O) groups excluding carboxylic acids is 1. The van der Waals surface area contributed by atoms with E-state index in [0.29, 0.717) is 0 Å². The summed E-state index contributed by atoms with van der Waals surface area (Å²) < 4.78 is 0. The minimum atomic E-state index is -1.78. The number of nitriles is 1. The van der Waals surface area contributed by atoms with Crippen molar-refractivity contribution in [2.45, 2.75) is 44.7 Å². The number of hydrogen-bond acceptors (Lipinski definition) is 8. The van der Waals surface area contributed by atoms with Crippen LogP contribution in [0.25, 0.3) is 0 Å². The van der Waals surface area contributed by atoms with Gasteiger partial charge in [-0.25, -0.2) is 0 Å². The fourth-order valence-electron chi connectivity index (χ4n) is 0.724. The molecule has 0 amide bonds. The molecule has 122 valence electrons. The predicted molar refractivity (Wildman–Crippen MR) is 69.9 cm³/mol. The van der Waals surface area contributed by atoms with Crippen molar-refractivity contribution in [1.82, 2.24) is 0 Å². The maximum absolute atomic E-state index is 9.96. The lowest BCUT2D eigenvalue weighted by molar-refractivity contribution is -0.301. The van der Waals surface area contributed by atoms with Gasteiger partial charge in [0.2, 0.25) is 0 Å². The lowest BCUT2D eigenvalue weighted by Crippen LogP contribution is -2.44. The van der Waals surface area contributed by atoms with E-state index in [9.17, 15) is 15.0 Å². The van der Waals surface area contributed by atoms with Crippen LogP contribution in [-0.4, -0.2) is 51.1 Å². The molecule has 4 atom stereocenters. The molecule has 8 nitrogen and oxygen atoms in total. The molecule has 0 aromatic heterocycles. The van der Waals surface area contributed by atoms with Crippen LogP contribution in [0.15, 0.2) is 24.7 Å². The van der Waals surface area contributed by atoms with Crippen LogP contribution in [0.3, 0.4) is 0 Å². The van der Waals surface area contributed by atoms with E-state index in [4.69, 9.17) is 25.7 Å². The van der Waals surface area contributed by atoms with E-state index in [0.717, 1.165) is 0 Å². The Morgan fingerprint density at radius 2 is 1.48 bits per heavy atom. The van der Waals surface area contributed by atoms with Gasteiger partial charge in [0, 0.05) is 0 Å². The molecule has 0 aliphatic heterocycles. The molecule has 0 saturated carbocycles. The average Bonchev–Trinajstić information content (AvgIpc) is 2.35. The second-order valence-corrected chi connectivity index (χ2v) is 3.94. The second kappa shape index (κ2) is 14.5. The standard InChI is InChI=1S/C7H11NO5.2C3H6O/c8-2-1-4(10)6(12)7(13)5(11)3-9;2*1-3(2)4/h3-7,10-13H,1H2;2*4H,1H2,2H3/p-2/t4-,5+,6+,7-;;/m0../s1. The number of aliphatic hydroxyl groups excluding tert-OH is 4. The van der Waals surface area contributed by atoms with Crippen molar-refractivity contribution in [2.75, 3.05) is 0 Å². The minimum Gasteiger partial charge on any atom is -0.876 e. The Hall–Kier alpha value is -1.92. The molecule has 0 aromatic carbocycles. The molecule has 0 aliphatic rings. The lowest BCUT2D eigenvalue weighted by atomic mass is 10.0. The fourth-order valence-corrected chi connectivity index (χ4v) is 0.724. The summed E-state index contributed by atoms with van der Waals surface area (Å²) in [6.07, 6.45) is -7.07. The van der Waals surface area contributed by atoms with Crippen molar-refractivity contribution in [3.63, 3.8) is 0 Å². The van der Waals surface area contributed by atoms with Gasteiger partial charge in [0.15, 0.2) is 6.29 Å². The molecule has 0 unspecified atom stereocenters.